The molecule has 0 saturated carbocycles. The van der Waals surface area contributed by atoms with Crippen LogP contribution in [0.5, 0.6) is 0 Å². The maximum absolute atomic E-state index is 13.1. The summed E-state index contributed by atoms with van der Waals surface area (Å²) in [7, 11) is -3.55. The van der Waals surface area contributed by atoms with Crippen LogP contribution in [0.1, 0.15) is 23.2 Å². The third-order valence-corrected chi connectivity index (χ3v) is 8.07. The summed E-state index contributed by atoms with van der Waals surface area (Å²) >= 11 is 0. The quantitative estimate of drug-likeness (QED) is 0.703. The van der Waals surface area contributed by atoms with E-state index in [1.54, 1.807) is 40.1 Å². The molecule has 0 aliphatic carbocycles. The van der Waals surface area contributed by atoms with Crippen molar-refractivity contribution in [2.45, 2.75) is 17.7 Å². The molecule has 2 fully saturated rings. The van der Waals surface area contributed by atoms with E-state index in [9.17, 15) is 22.4 Å². The van der Waals surface area contributed by atoms with Gasteiger partial charge in [0.25, 0.3) is 5.91 Å². The van der Waals surface area contributed by atoms with Gasteiger partial charge in [0.15, 0.2) is 0 Å². The van der Waals surface area contributed by atoms with Gasteiger partial charge in [-0.25, -0.2) is 12.8 Å². The summed E-state index contributed by atoms with van der Waals surface area (Å²) in [4.78, 5) is 29.3. The van der Waals surface area contributed by atoms with Crippen LogP contribution in [-0.2, 0) is 14.8 Å². The summed E-state index contributed by atoms with van der Waals surface area (Å²) in [6, 6.07) is 13.8. The third kappa shape index (κ3) is 4.68. The largest absolute Gasteiger partial charge is 0.340 e. The summed E-state index contributed by atoms with van der Waals surface area (Å²) in [5.74, 6) is -0.696. The van der Waals surface area contributed by atoms with E-state index < -0.39 is 10.0 Å². The molecule has 0 spiro atoms. The molecule has 0 aromatic heterocycles. The van der Waals surface area contributed by atoms with Gasteiger partial charge in [-0.05, 0) is 49.2 Å². The number of amides is 2. The van der Waals surface area contributed by atoms with E-state index in [1.807, 2.05) is 0 Å². The van der Waals surface area contributed by atoms with E-state index >= 15 is 0 Å². The van der Waals surface area contributed by atoms with Crippen LogP contribution in [0.4, 0.5) is 4.39 Å². The number of likely N-dealkylation sites (tertiary alicyclic amines) is 1. The molecule has 0 radical (unpaired) electrons. The van der Waals surface area contributed by atoms with Crippen LogP contribution >= 0.6 is 0 Å². The summed E-state index contributed by atoms with van der Waals surface area (Å²) in [6.45, 7) is 2.19. The van der Waals surface area contributed by atoms with E-state index in [-0.39, 0.29) is 41.5 Å². The van der Waals surface area contributed by atoms with Crippen LogP contribution in [0, 0.1) is 11.7 Å². The SMILES string of the molecule is O=C(c1ccc(F)cc1)N1CCC(C(=O)N2CCN(S(=O)(=O)c3ccccc3)CC2)CC1. The molecule has 2 amide bonds. The summed E-state index contributed by atoms with van der Waals surface area (Å²) in [5, 5.41) is 0. The van der Waals surface area contributed by atoms with Gasteiger partial charge in [0, 0.05) is 50.7 Å². The number of piperazine rings is 1. The molecule has 0 bridgehead atoms. The number of benzene rings is 2. The monoisotopic (exact) mass is 459 g/mol. The zero-order chi connectivity index (χ0) is 22.7. The van der Waals surface area contributed by atoms with Crippen molar-refractivity contribution in [3.63, 3.8) is 0 Å². The highest BCUT2D eigenvalue weighted by atomic mass is 32.2. The predicted molar refractivity (Wildman–Crippen MR) is 117 cm³/mol. The van der Waals surface area contributed by atoms with Crippen molar-refractivity contribution in [3.8, 4) is 0 Å². The first kappa shape index (κ1) is 22.4. The molecule has 2 aliphatic rings. The topological polar surface area (TPSA) is 78.0 Å². The van der Waals surface area contributed by atoms with Crippen molar-refractivity contribution in [2.75, 3.05) is 39.3 Å². The number of piperidine rings is 1. The third-order valence-electron chi connectivity index (χ3n) is 6.15. The molecule has 2 saturated heterocycles. The van der Waals surface area contributed by atoms with Crippen molar-refractivity contribution in [1.82, 2.24) is 14.1 Å². The first-order valence-electron chi connectivity index (χ1n) is 10.7. The van der Waals surface area contributed by atoms with Crippen LogP contribution in [0.2, 0.25) is 0 Å². The second-order valence-corrected chi connectivity index (χ2v) is 10.1. The van der Waals surface area contributed by atoms with Gasteiger partial charge in [0.2, 0.25) is 15.9 Å². The Hall–Kier alpha value is -2.78. The Morgan fingerprint density at radius 1 is 0.781 bits per heavy atom. The van der Waals surface area contributed by atoms with Gasteiger partial charge < -0.3 is 9.80 Å². The van der Waals surface area contributed by atoms with Crippen molar-refractivity contribution in [2.24, 2.45) is 5.92 Å². The Bertz CT molecular complexity index is 1060. The van der Waals surface area contributed by atoms with Crippen LogP contribution < -0.4 is 0 Å². The van der Waals surface area contributed by atoms with Crippen LogP contribution in [0.3, 0.4) is 0 Å². The molecule has 2 aliphatic heterocycles. The minimum absolute atomic E-state index is 0.0237. The molecule has 7 nitrogen and oxygen atoms in total. The lowest BCUT2D eigenvalue weighted by Gasteiger charge is -2.38. The fourth-order valence-corrected chi connectivity index (χ4v) is 5.70. The fourth-order valence-electron chi connectivity index (χ4n) is 4.25. The van der Waals surface area contributed by atoms with Crippen LogP contribution in [0.25, 0.3) is 0 Å². The lowest BCUT2D eigenvalue weighted by Crippen LogP contribution is -2.53. The Balaban J connectivity index is 1.29. The number of hydrogen-bond donors (Lipinski definition) is 0. The molecule has 2 aromatic carbocycles. The Labute approximate surface area is 187 Å². The molecule has 0 unspecified atom stereocenters. The molecular weight excluding hydrogens is 433 g/mol. The fraction of sp³-hybridized carbons (Fsp3) is 0.391. The van der Waals surface area contributed by atoms with Gasteiger partial charge in [0.1, 0.15) is 5.82 Å². The normalized spacial score (nSPS) is 18.5. The maximum atomic E-state index is 13.1. The first-order chi connectivity index (χ1) is 15.4. The van der Waals surface area contributed by atoms with E-state index in [4.69, 9.17) is 0 Å². The molecule has 0 atom stereocenters. The van der Waals surface area contributed by atoms with E-state index in [1.165, 1.54) is 28.6 Å². The number of halogens is 1. The van der Waals surface area contributed by atoms with Gasteiger partial charge in [-0.2, -0.15) is 4.31 Å². The van der Waals surface area contributed by atoms with Gasteiger partial charge in [0.05, 0.1) is 4.90 Å². The van der Waals surface area contributed by atoms with E-state index in [0.717, 1.165) is 0 Å². The second kappa shape index (κ2) is 9.38. The summed E-state index contributed by atoms with van der Waals surface area (Å²) in [6.07, 6.45) is 1.13. The number of nitrogens with zero attached hydrogens (tertiary/aromatic N) is 3. The number of carbonyl (C=O) groups excluding carboxylic acids is 2. The highest BCUT2D eigenvalue weighted by Gasteiger charge is 2.34. The molecule has 4 rings (SSSR count). The minimum Gasteiger partial charge on any atom is -0.340 e. The Kier molecular flexibility index (Phi) is 6.57. The van der Waals surface area contributed by atoms with Crippen LogP contribution in [0.15, 0.2) is 59.5 Å². The van der Waals surface area contributed by atoms with E-state index in [2.05, 4.69) is 0 Å². The van der Waals surface area contributed by atoms with Gasteiger partial charge in [-0.3, -0.25) is 9.59 Å². The van der Waals surface area contributed by atoms with Crippen molar-refractivity contribution >= 4 is 21.8 Å². The van der Waals surface area contributed by atoms with Gasteiger partial charge in [-0.15, -0.1) is 0 Å². The summed E-state index contributed by atoms with van der Waals surface area (Å²) < 4.78 is 40.0. The van der Waals surface area contributed by atoms with Gasteiger partial charge in [-0.1, -0.05) is 18.2 Å². The average Bonchev–Trinajstić information content (AvgIpc) is 2.84. The molecular formula is C23H26FN3O4S. The number of rotatable bonds is 4. The number of carbonyl (C=O) groups is 2. The Morgan fingerprint density at radius 3 is 1.97 bits per heavy atom. The van der Waals surface area contributed by atoms with Crippen molar-refractivity contribution in [3.05, 3.63) is 66.0 Å². The van der Waals surface area contributed by atoms with Gasteiger partial charge >= 0.3 is 0 Å². The molecule has 0 N–H and O–H groups in total. The van der Waals surface area contributed by atoms with E-state index in [0.29, 0.717) is 44.6 Å². The molecule has 170 valence electrons. The highest BCUT2D eigenvalue weighted by molar-refractivity contribution is 7.89. The highest BCUT2D eigenvalue weighted by Crippen LogP contribution is 2.23. The zero-order valence-electron chi connectivity index (χ0n) is 17.7. The van der Waals surface area contributed by atoms with Crippen molar-refractivity contribution < 1.29 is 22.4 Å². The zero-order valence-corrected chi connectivity index (χ0v) is 18.5. The van der Waals surface area contributed by atoms with Crippen LogP contribution in [-0.4, -0.2) is 73.6 Å². The Morgan fingerprint density at radius 2 is 1.38 bits per heavy atom. The van der Waals surface area contributed by atoms with Crippen molar-refractivity contribution in [1.29, 1.82) is 0 Å². The average molecular weight is 460 g/mol. The second-order valence-electron chi connectivity index (χ2n) is 8.12. The lowest BCUT2D eigenvalue weighted by atomic mass is 9.94. The number of hydrogen-bond acceptors (Lipinski definition) is 4. The minimum atomic E-state index is -3.55. The molecule has 9 heteroatoms. The maximum Gasteiger partial charge on any atom is 0.253 e. The predicted octanol–water partition coefficient (Wildman–Crippen LogP) is 2.21. The molecule has 2 heterocycles. The standard InChI is InChI=1S/C23H26FN3O4S/c24-20-8-6-18(7-9-20)22(28)25-12-10-19(11-13-25)23(29)26-14-16-27(17-15-26)32(30,31)21-4-2-1-3-5-21/h1-9,19H,10-17H2. The molecule has 32 heavy (non-hydrogen) atoms. The summed E-state index contributed by atoms with van der Waals surface area (Å²) in [5.41, 5.74) is 0.437. The molecule has 2 aromatic rings. The smallest absolute Gasteiger partial charge is 0.253 e. The lowest BCUT2D eigenvalue weighted by molar-refractivity contribution is -0.138. The number of sulfonamides is 1. The first-order valence-corrected chi connectivity index (χ1v) is 12.2.